The van der Waals surface area contributed by atoms with E-state index in [2.05, 4.69) is 4.98 Å². The molecular weight excluding hydrogens is 259 g/mol. The van der Waals surface area contributed by atoms with Gasteiger partial charge in [0, 0.05) is 31.3 Å². The highest BCUT2D eigenvalue weighted by atomic mass is 19.1. The summed E-state index contributed by atoms with van der Waals surface area (Å²) in [6.45, 7) is 0.635. The molecule has 5 heteroatoms. The van der Waals surface area contributed by atoms with Gasteiger partial charge in [-0.2, -0.15) is 0 Å². The second-order valence-electron chi connectivity index (χ2n) is 5.11. The first-order valence-electron chi connectivity index (χ1n) is 6.64. The molecule has 1 aliphatic rings. The minimum absolute atomic E-state index is 0.232. The van der Waals surface area contributed by atoms with E-state index < -0.39 is 5.97 Å². The summed E-state index contributed by atoms with van der Waals surface area (Å²) in [7, 11) is 0. The van der Waals surface area contributed by atoms with Gasteiger partial charge in [0.05, 0.1) is 5.92 Å². The molecule has 1 N–H and O–H groups in total. The summed E-state index contributed by atoms with van der Waals surface area (Å²) in [4.78, 5) is 15.4. The van der Waals surface area contributed by atoms with Crippen LogP contribution in [0.3, 0.4) is 0 Å². The molecule has 1 aliphatic heterocycles. The van der Waals surface area contributed by atoms with Gasteiger partial charge >= 0.3 is 5.97 Å². The first kappa shape index (κ1) is 12.8. The zero-order valence-corrected chi connectivity index (χ0v) is 10.9. The third-order valence-corrected chi connectivity index (χ3v) is 3.83. The summed E-state index contributed by atoms with van der Waals surface area (Å²) in [6.07, 6.45) is 3.25. The smallest absolute Gasteiger partial charge is 0.306 e. The van der Waals surface area contributed by atoms with E-state index in [1.54, 1.807) is 24.4 Å². The van der Waals surface area contributed by atoms with Crippen LogP contribution in [-0.4, -0.2) is 20.6 Å². The average Bonchev–Trinajstić information content (AvgIpc) is 2.84. The van der Waals surface area contributed by atoms with Crippen molar-refractivity contribution < 1.29 is 14.3 Å². The SMILES string of the molecule is O=C(O)C1CCn2c(cnc2Cc2ccccc2F)C1. The van der Waals surface area contributed by atoms with Crippen molar-refractivity contribution in [3.8, 4) is 0 Å². The van der Waals surface area contributed by atoms with Crippen molar-refractivity contribution in [1.29, 1.82) is 0 Å². The summed E-state index contributed by atoms with van der Waals surface area (Å²) in [6, 6.07) is 6.66. The van der Waals surface area contributed by atoms with Gasteiger partial charge in [-0.25, -0.2) is 9.37 Å². The van der Waals surface area contributed by atoms with Crippen molar-refractivity contribution in [2.24, 2.45) is 5.92 Å². The van der Waals surface area contributed by atoms with Crippen LogP contribution in [-0.2, 0) is 24.2 Å². The van der Waals surface area contributed by atoms with Crippen molar-refractivity contribution in [1.82, 2.24) is 9.55 Å². The molecule has 20 heavy (non-hydrogen) atoms. The van der Waals surface area contributed by atoms with Crippen LogP contribution in [0.5, 0.6) is 0 Å². The molecular formula is C15H15FN2O2. The number of fused-ring (bicyclic) bond motifs is 1. The maximum Gasteiger partial charge on any atom is 0.306 e. The van der Waals surface area contributed by atoms with Gasteiger partial charge in [-0.05, 0) is 18.1 Å². The van der Waals surface area contributed by atoms with E-state index in [4.69, 9.17) is 5.11 Å². The number of halogens is 1. The Balaban J connectivity index is 1.84. The number of nitrogens with zero attached hydrogens (tertiary/aromatic N) is 2. The van der Waals surface area contributed by atoms with Crippen LogP contribution in [0.25, 0.3) is 0 Å². The molecule has 0 aliphatic carbocycles. The Morgan fingerprint density at radius 1 is 1.45 bits per heavy atom. The molecule has 0 amide bonds. The summed E-state index contributed by atoms with van der Waals surface area (Å²) >= 11 is 0. The van der Waals surface area contributed by atoms with Crippen molar-refractivity contribution in [3.63, 3.8) is 0 Å². The number of carboxylic acids is 1. The third kappa shape index (κ3) is 2.31. The van der Waals surface area contributed by atoms with Gasteiger partial charge in [-0.1, -0.05) is 18.2 Å². The normalized spacial score (nSPS) is 17.8. The van der Waals surface area contributed by atoms with Gasteiger partial charge < -0.3 is 9.67 Å². The predicted octanol–water partition coefficient (Wildman–Crippen LogP) is 2.26. The van der Waals surface area contributed by atoms with Gasteiger partial charge in [0.15, 0.2) is 0 Å². The monoisotopic (exact) mass is 274 g/mol. The zero-order chi connectivity index (χ0) is 14.1. The number of hydrogen-bond donors (Lipinski definition) is 1. The molecule has 0 saturated heterocycles. The number of imidazole rings is 1. The van der Waals surface area contributed by atoms with Gasteiger partial charge in [-0.15, -0.1) is 0 Å². The number of aliphatic carboxylic acids is 1. The maximum atomic E-state index is 13.7. The fraction of sp³-hybridized carbons (Fsp3) is 0.333. The lowest BCUT2D eigenvalue weighted by Gasteiger charge is -2.22. The molecule has 2 heterocycles. The Bertz CT molecular complexity index is 651. The van der Waals surface area contributed by atoms with E-state index >= 15 is 0 Å². The Morgan fingerprint density at radius 2 is 2.25 bits per heavy atom. The molecule has 1 aromatic heterocycles. The van der Waals surface area contributed by atoms with Crippen LogP contribution in [0.1, 0.15) is 23.5 Å². The lowest BCUT2D eigenvalue weighted by atomic mass is 9.96. The molecule has 2 aromatic rings. The fourth-order valence-corrected chi connectivity index (χ4v) is 2.69. The van der Waals surface area contributed by atoms with Crippen molar-refractivity contribution in [3.05, 3.63) is 53.4 Å². The molecule has 4 nitrogen and oxygen atoms in total. The minimum Gasteiger partial charge on any atom is -0.481 e. The summed E-state index contributed by atoms with van der Waals surface area (Å²) < 4.78 is 15.7. The molecule has 0 saturated carbocycles. The van der Waals surface area contributed by atoms with Crippen LogP contribution in [0.2, 0.25) is 0 Å². The van der Waals surface area contributed by atoms with Gasteiger partial charge in [-0.3, -0.25) is 4.79 Å². The number of carboxylic acid groups (broad SMARTS) is 1. The lowest BCUT2D eigenvalue weighted by Crippen LogP contribution is -2.26. The van der Waals surface area contributed by atoms with Crippen molar-refractivity contribution in [2.75, 3.05) is 0 Å². The molecule has 1 unspecified atom stereocenters. The number of carbonyl (C=O) groups is 1. The van der Waals surface area contributed by atoms with E-state index in [0.717, 1.165) is 11.5 Å². The van der Waals surface area contributed by atoms with Crippen molar-refractivity contribution >= 4 is 5.97 Å². The molecule has 0 spiro atoms. The van der Waals surface area contributed by atoms with Crippen LogP contribution in [0, 0.1) is 11.7 Å². The Morgan fingerprint density at radius 3 is 3.00 bits per heavy atom. The molecule has 0 fully saturated rings. The van der Waals surface area contributed by atoms with Crippen LogP contribution >= 0.6 is 0 Å². The third-order valence-electron chi connectivity index (χ3n) is 3.83. The quantitative estimate of drug-likeness (QED) is 0.934. The minimum atomic E-state index is -0.756. The second-order valence-corrected chi connectivity index (χ2v) is 5.11. The first-order valence-corrected chi connectivity index (χ1v) is 6.64. The number of benzene rings is 1. The second kappa shape index (κ2) is 5.07. The highest BCUT2D eigenvalue weighted by Crippen LogP contribution is 2.23. The van der Waals surface area contributed by atoms with Crippen molar-refractivity contribution in [2.45, 2.75) is 25.8 Å². The number of aromatic nitrogens is 2. The molecule has 0 bridgehead atoms. The summed E-state index contributed by atoms with van der Waals surface area (Å²) in [5.74, 6) is -0.522. The Labute approximate surface area is 115 Å². The lowest BCUT2D eigenvalue weighted by molar-refractivity contribution is -0.142. The molecule has 1 atom stereocenters. The van der Waals surface area contributed by atoms with E-state index in [1.807, 2.05) is 4.57 Å². The molecule has 3 rings (SSSR count). The molecule has 104 valence electrons. The zero-order valence-electron chi connectivity index (χ0n) is 10.9. The highest BCUT2D eigenvalue weighted by molar-refractivity contribution is 5.70. The summed E-state index contributed by atoms with van der Waals surface area (Å²) in [5, 5.41) is 9.06. The van der Waals surface area contributed by atoms with Crippen LogP contribution in [0.4, 0.5) is 4.39 Å². The van der Waals surface area contributed by atoms with Gasteiger partial charge in [0.1, 0.15) is 11.6 Å². The van der Waals surface area contributed by atoms with Crippen LogP contribution in [0.15, 0.2) is 30.5 Å². The first-order chi connectivity index (χ1) is 9.65. The number of rotatable bonds is 3. The Hall–Kier alpha value is -2.17. The fourth-order valence-electron chi connectivity index (χ4n) is 2.69. The van der Waals surface area contributed by atoms with E-state index in [1.165, 1.54) is 6.07 Å². The summed E-state index contributed by atoms with van der Waals surface area (Å²) in [5.41, 5.74) is 1.54. The molecule has 0 radical (unpaired) electrons. The molecule has 1 aromatic carbocycles. The van der Waals surface area contributed by atoms with Gasteiger partial charge in [0.2, 0.25) is 0 Å². The van der Waals surface area contributed by atoms with Gasteiger partial charge in [0.25, 0.3) is 0 Å². The maximum absolute atomic E-state index is 13.7. The average molecular weight is 274 g/mol. The predicted molar refractivity (Wildman–Crippen MR) is 70.9 cm³/mol. The largest absolute Gasteiger partial charge is 0.481 e. The highest BCUT2D eigenvalue weighted by Gasteiger charge is 2.26. The van der Waals surface area contributed by atoms with E-state index in [0.29, 0.717) is 31.4 Å². The standard InChI is InChI=1S/C15H15FN2O2/c16-13-4-2-1-3-10(13)8-14-17-9-12-7-11(15(19)20)5-6-18(12)14/h1-4,9,11H,5-8H2,(H,19,20). The Kier molecular flexibility index (Phi) is 3.26. The van der Waals surface area contributed by atoms with Crippen LogP contribution < -0.4 is 0 Å². The van der Waals surface area contributed by atoms with E-state index in [-0.39, 0.29) is 11.7 Å². The number of hydrogen-bond acceptors (Lipinski definition) is 2. The van der Waals surface area contributed by atoms with E-state index in [9.17, 15) is 9.18 Å². The topological polar surface area (TPSA) is 55.1 Å².